The Bertz CT molecular complexity index is 403. The highest BCUT2D eigenvalue weighted by atomic mass is 127. The van der Waals surface area contributed by atoms with Crippen LogP contribution in [0.25, 0.3) is 0 Å². The number of nitrogens with one attached hydrogen (secondary N) is 2. The average Bonchev–Trinajstić information content (AvgIpc) is 2.87. The minimum absolute atomic E-state index is 0.0462. The Kier molecular flexibility index (Phi) is 5.44. The van der Waals surface area contributed by atoms with E-state index in [2.05, 4.69) is 27.9 Å². The van der Waals surface area contributed by atoms with Crippen molar-refractivity contribution in [3.63, 3.8) is 0 Å². The van der Waals surface area contributed by atoms with Gasteiger partial charge in [0.15, 0.2) is 0 Å². The smallest absolute Gasteiger partial charge is 0.251 e. The average molecular weight is 359 g/mol. The fourth-order valence-electron chi connectivity index (χ4n) is 2.40. The van der Waals surface area contributed by atoms with Gasteiger partial charge in [-0.3, -0.25) is 4.79 Å². The first kappa shape index (κ1) is 13.8. The predicted octanol–water partition coefficient (Wildman–Crippen LogP) is 1.09. The van der Waals surface area contributed by atoms with Gasteiger partial charge in [0.1, 0.15) is 0 Å². The molecule has 2 rings (SSSR count). The summed E-state index contributed by atoms with van der Waals surface area (Å²) in [5, 5.41) is 2.99. The van der Waals surface area contributed by atoms with Crippen LogP contribution in [0.2, 0.25) is 0 Å². The minimum atomic E-state index is 0.0462. The van der Waals surface area contributed by atoms with E-state index in [0.29, 0.717) is 0 Å². The van der Waals surface area contributed by atoms with E-state index in [0.717, 1.165) is 22.1 Å². The van der Waals surface area contributed by atoms with Gasteiger partial charge in [-0.2, -0.15) is 0 Å². The normalized spacial score (nSPS) is 15.8. The topological polar surface area (TPSA) is 33.5 Å². The van der Waals surface area contributed by atoms with Crippen LogP contribution in [-0.2, 0) is 0 Å². The number of amides is 1. The summed E-state index contributed by atoms with van der Waals surface area (Å²) in [5.74, 6) is 0.0462. The molecule has 1 heterocycles. The fourth-order valence-corrected chi connectivity index (χ4v) is 2.94. The Balaban J connectivity index is 1.68. The fraction of sp³-hybridized carbons (Fsp3) is 0.500. The maximum absolute atomic E-state index is 11.9. The Morgan fingerprint density at radius 3 is 2.83 bits per heavy atom. The number of benzene rings is 1. The van der Waals surface area contributed by atoms with Gasteiger partial charge in [-0.05, 0) is 40.8 Å². The van der Waals surface area contributed by atoms with Crippen LogP contribution < -0.4 is 10.2 Å². The molecule has 1 amide bonds. The highest BCUT2D eigenvalue weighted by Gasteiger charge is 2.14. The molecule has 0 spiro atoms. The molecule has 98 valence electrons. The highest BCUT2D eigenvalue weighted by Crippen LogP contribution is 2.07. The molecule has 18 heavy (non-hydrogen) atoms. The van der Waals surface area contributed by atoms with E-state index in [9.17, 15) is 4.79 Å². The maximum atomic E-state index is 11.9. The molecule has 1 fully saturated rings. The summed E-state index contributed by atoms with van der Waals surface area (Å²) in [4.78, 5) is 13.6. The van der Waals surface area contributed by atoms with E-state index in [1.54, 1.807) is 4.90 Å². The van der Waals surface area contributed by atoms with Gasteiger partial charge in [0.25, 0.3) is 5.91 Å². The van der Waals surface area contributed by atoms with E-state index < -0.39 is 0 Å². The highest BCUT2D eigenvalue weighted by molar-refractivity contribution is 14.1. The number of carbonyl (C=O) groups excluding carboxylic acids is 1. The van der Waals surface area contributed by atoms with Crippen molar-refractivity contribution in [1.29, 1.82) is 0 Å². The molecule has 1 aromatic carbocycles. The SMILES string of the molecule is O=C(NCCC[NH+]1CCCC1)c1cccc(I)c1. The summed E-state index contributed by atoms with van der Waals surface area (Å²) in [5.41, 5.74) is 0.760. The molecule has 0 saturated carbocycles. The number of hydrogen-bond acceptors (Lipinski definition) is 1. The molecule has 4 heteroatoms. The first-order valence-electron chi connectivity index (χ1n) is 6.63. The summed E-state index contributed by atoms with van der Waals surface area (Å²) in [6.45, 7) is 4.59. The molecule has 0 aliphatic carbocycles. The lowest BCUT2D eigenvalue weighted by Crippen LogP contribution is -3.10. The lowest BCUT2D eigenvalue weighted by Gasteiger charge is -2.12. The summed E-state index contributed by atoms with van der Waals surface area (Å²) in [7, 11) is 0. The number of carbonyl (C=O) groups is 1. The van der Waals surface area contributed by atoms with Gasteiger partial charge < -0.3 is 10.2 Å². The second-order valence-electron chi connectivity index (χ2n) is 4.83. The Morgan fingerprint density at radius 1 is 1.33 bits per heavy atom. The van der Waals surface area contributed by atoms with Crippen molar-refractivity contribution in [1.82, 2.24) is 5.32 Å². The third kappa shape index (κ3) is 4.24. The molecular formula is C14H20IN2O+. The van der Waals surface area contributed by atoms with Gasteiger partial charge in [-0.15, -0.1) is 0 Å². The zero-order chi connectivity index (χ0) is 12.8. The molecule has 1 saturated heterocycles. The monoisotopic (exact) mass is 359 g/mol. The lowest BCUT2D eigenvalue weighted by atomic mass is 10.2. The minimum Gasteiger partial charge on any atom is -0.352 e. The zero-order valence-electron chi connectivity index (χ0n) is 10.5. The first-order valence-corrected chi connectivity index (χ1v) is 7.71. The van der Waals surface area contributed by atoms with Gasteiger partial charge in [-0.1, -0.05) is 6.07 Å². The summed E-state index contributed by atoms with van der Waals surface area (Å²) in [6, 6.07) is 7.70. The molecule has 2 N–H and O–H groups in total. The van der Waals surface area contributed by atoms with Gasteiger partial charge in [0, 0.05) is 34.9 Å². The van der Waals surface area contributed by atoms with E-state index >= 15 is 0 Å². The Hall–Kier alpha value is -0.620. The molecule has 0 atom stereocenters. The quantitative estimate of drug-likeness (QED) is 0.599. The second kappa shape index (κ2) is 7.09. The molecular weight excluding hydrogens is 339 g/mol. The molecule has 0 unspecified atom stereocenters. The van der Waals surface area contributed by atoms with Crippen molar-refractivity contribution >= 4 is 28.5 Å². The summed E-state index contributed by atoms with van der Waals surface area (Å²) < 4.78 is 1.10. The van der Waals surface area contributed by atoms with Gasteiger partial charge in [0.2, 0.25) is 0 Å². The number of halogens is 1. The Morgan fingerprint density at radius 2 is 2.11 bits per heavy atom. The summed E-state index contributed by atoms with van der Waals surface area (Å²) in [6.07, 6.45) is 3.80. The van der Waals surface area contributed by atoms with Crippen LogP contribution >= 0.6 is 22.6 Å². The van der Waals surface area contributed by atoms with Crippen molar-refractivity contribution in [3.05, 3.63) is 33.4 Å². The molecule has 0 aromatic heterocycles. The molecule has 0 bridgehead atoms. The number of likely N-dealkylation sites (tertiary alicyclic amines) is 1. The molecule has 1 aromatic rings. The van der Waals surface area contributed by atoms with Crippen molar-refractivity contribution in [3.8, 4) is 0 Å². The van der Waals surface area contributed by atoms with Crippen LogP contribution in [0.3, 0.4) is 0 Å². The van der Waals surface area contributed by atoms with E-state index in [1.165, 1.54) is 32.5 Å². The van der Waals surface area contributed by atoms with Crippen LogP contribution in [0.5, 0.6) is 0 Å². The maximum Gasteiger partial charge on any atom is 0.251 e. The van der Waals surface area contributed by atoms with Crippen LogP contribution in [0.15, 0.2) is 24.3 Å². The number of rotatable bonds is 5. The summed E-state index contributed by atoms with van der Waals surface area (Å²) >= 11 is 2.23. The molecule has 1 aliphatic heterocycles. The van der Waals surface area contributed by atoms with Gasteiger partial charge >= 0.3 is 0 Å². The lowest BCUT2D eigenvalue weighted by molar-refractivity contribution is -0.887. The number of hydrogen-bond donors (Lipinski definition) is 2. The van der Waals surface area contributed by atoms with Crippen LogP contribution in [0, 0.1) is 3.57 Å². The van der Waals surface area contributed by atoms with Crippen molar-refractivity contribution < 1.29 is 9.69 Å². The second-order valence-corrected chi connectivity index (χ2v) is 6.07. The third-order valence-electron chi connectivity index (χ3n) is 3.39. The standard InChI is InChI=1S/C14H19IN2O/c15-13-6-3-5-12(11-13)14(18)16-7-4-10-17-8-1-2-9-17/h3,5-6,11H,1-2,4,7-10H2,(H,16,18)/p+1. The predicted molar refractivity (Wildman–Crippen MR) is 80.9 cm³/mol. The van der Waals surface area contributed by atoms with Crippen LogP contribution in [0.1, 0.15) is 29.6 Å². The van der Waals surface area contributed by atoms with Crippen LogP contribution in [0.4, 0.5) is 0 Å². The number of quaternary nitrogens is 1. The molecule has 3 nitrogen and oxygen atoms in total. The Labute approximate surface area is 122 Å². The van der Waals surface area contributed by atoms with Crippen molar-refractivity contribution in [2.24, 2.45) is 0 Å². The first-order chi connectivity index (χ1) is 8.75. The van der Waals surface area contributed by atoms with E-state index in [4.69, 9.17) is 0 Å². The van der Waals surface area contributed by atoms with Crippen molar-refractivity contribution in [2.45, 2.75) is 19.3 Å². The van der Waals surface area contributed by atoms with E-state index in [-0.39, 0.29) is 5.91 Å². The van der Waals surface area contributed by atoms with Gasteiger partial charge in [0.05, 0.1) is 19.6 Å². The van der Waals surface area contributed by atoms with E-state index in [1.807, 2.05) is 24.3 Å². The van der Waals surface area contributed by atoms with Crippen LogP contribution in [-0.4, -0.2) is 32.1 Å². The van der Waals surface area contributed by atoms with Crippen molar-refractivity contribution in [2.75, 3.05) is 26.2 Å². The van der Waals surface area contributed by atoms with Gasteiger partial charge in [-0.25, -0.2) is 0 Å². The largest absolute Gasteiger partial charge is 0.352 e. The zero-order valence-corrected chi connectivity index (χ0v) is 12.7. The molecule has 1 aliphatic rings. The molecule has 0 radical (unpaired) electrons. The third-order valence-corrected chi connectivity index (χ3v) is 4.06.